The number of hydrogen-bond donors (Lipinski definition) is 3. The Balaban J connectivity index is 1.53. The van der Waals surface area contributed by atoms with Crippen LogP contribution in [-0.4, -0.2) is 42.9 Å². The summed E-state index contributed by atoms with van der Waals surface area (Å²) in [5.74, 6) is 0.507. The number of aromatic nitrogens is 2. The molecule has 12 heteroatoms. The number of hydrogen-bond acceptors (Lipinski definition) is 7. The second-order valence-electron chi connectivity index (χ2n) is 8.55. The van der Waals surface area contributed by atoms with Crippen molar-refractivity contribution < 1.29 is 27.4 Å². The zero-order valence-corrected chi connectivity index (χ0v) is 22.6. The van der Waals surface area contributed by atoms with Crippen molar-refractivity contribution in [3.05, 3.63) is 90.0 Å². The van der Waals surface area contributed by atoms with Gasteiger partial charge in [0.1, 0.15) is 17.3 Å². The fourth-order valence-electron chi connectivity index (χ4n) is 3.81. The van der Waals surface area contributed by atoms with Crippen molar-refractivity contribution in [3.63, 3.8) is 0 Å². The summed E-state index contributed by atoms with van der Waals surface area (Å²) >= 11 is 1.29. The lowest BCUT2D eigenvalue weighted by Gasteiger charge is -2.14. The monoisotopic (exact) mass is 571 g/mol. The van der Waals surface area contributed by atoms with Gasteiger partial charge in [-0.15, -0.1) is 0 Å². The van der Waals surface area contributed by atoms with Crippen molar-refractivity contribution in [1.82, 2.24) is 14.5 Å². The number of nitrogens with zero attached hydrogens (tertiary/aromatic N) is 2. The number of carbonyl (C=O) groups is 1. The number of carbonyl (C=O) groups excluding carboxylic acids is 1. The maximum atomic E-state index is 14.0. The number of ether oxygens (including phenoxy) is 2. The first-order valence-electron chi connectivity index (χ1n) is 12.2. The quantitative estimate of drug-likeness (QED) is 0.178. The molecule has 0 spiro atoms. The molecule has 1 heterocycles. The molecule has 0 unspecified atom stereocenters. The first-order chi connectivity index (χ1) is 19.4. The van der Waals surface area contributed by atoms with E-state index in [4.69, 9.17) is 9.47 Å². The molecule has 0 radical (unpaired) electrons. The van der Waals surface area contributed by atoms with E-state index in [0.29, 0.717) is 45.6 Å². The van der Waals surface area contributed by atoms with Crippen LogP contribution in [0.15, 0.2) is 78.0 Å². The Morgan fingerprint density at radius 1 is 1.02 bits per heavy atom. The van der Waals surface area contributed by atoms with Gasteiger partial charge in [-0.3, -0.25) is 9.52 Å². The summed E-state index contributed by atoms with van der Waals surface area (Å²) in [6, 6.07) is 16.8. The maximum absolute atomic E-state index is 14.0. The second-order valence-corrected chi connectivity index (χ2v) is 9.48. The smallest absolute Gasteiger partial charge is 0.255 e. The van der Waals surface area contributed by atoms with Crippen LogP contribution in [0.4, 0.5) is 24.5 Å². The van der Waals surface area contributed by atoms with Crippen molar-refractivity contribution in [1.29, 1.82) is 0 Å². The molecule has 0 saturated heterocycles. The van der Waals surface area contributed by atoms with Crippen LogP contribution >= 0.6 is 11.9 Å². The Labute approximate surface area is 234 Å². The molecule has 0 fully saturated rings. The predicted molar refractivity (Wildman–Crippen MR) is 149 cm³/mol. The van der Waals surface area contributed by atoms with Crippen LogP contribution in [0.1, 0.15) is 11.1 Å². The van der Waals surface area contributed by atoms with E-state index in [1.807, 2.05) is 12.1 Å². The number of alkyl halides is 2. The number of anilines is 2. The van der Waals surface area contributed by atoms with E-state index in [9.17, 15) is 18.0 Å². The van der Waals surface area contributed by atoms with Crippen LogP contribution in [0.5, 0.6) is 11.5 Å². The Morgan fingerprint density at radius 3 is 2.60 bits per heavy atom. The molecule has 0 atom stereocenters. The summed E-state index contributed by atoms with van der Waals surface area (Å²) < 4.78 is 54.8. The fraction of sp³-hybridized carbons (Fsp3) is 0.214. The van der Waals surface area contributed by atoms with Crippen LogP contribution in [0, 0.1) is 5.82 Å². The Morgan fingerprint density at radius 2 is 1.85 bits per heavy atom. The van der Waals surface area contributed by atoms with E-state index in [0.717, 1.165) is 5.56 Å². The molecule has 8 nitrogen and oxygen atoms in total. The molecule has 0 aliphatic carbocycles. The number of amides is 1. The molecule has 1 amide bonds. The molecule has 1 aromatic heterocycles. The van der Waals surface area contributed by atoms with Crippen molar-refractivity contribution in [2.45, 2.75) is 24.3 Å². The minimum absolute atomic E-state index is 0.120. The van der Waals surface area contributed by atoms with Gasteiger partial charge < -0.3 is 20.1 Å². The summed E-state index contributed by atoms with van der Waals surface area (Å²) in [4.78, 5) is 13.3. The van der Waals surface area contributed by atoms with E-state index < -0.39 is 18.8 Å². The van der Waals surface area contributed by atoms with E-state index in [1.165, 1.54) is 24.2 Å². The summed E-state index contributed by atoms with van der Waals surface area (Å²) in [5, 5.41) is 9.74. The first-order valence-corrected chi connectivity index (χ1v) is 13.0. The number of methoxy groups -OCH3 is 2. The van der Waals surface area contributed by atoms with Gasteiger partial charge in [0.15, 0.2) is 0 Å². The van der Waals surface area contributed by atoms with Gasteiger partial charge in [0.2, 0.25) is 5.91 Å². The highest BCUT2D eigenvalue weighted by Gasteiger charge is 2.14. The molecule has 0 aliphatic rings. The van der Waals surface area contributed by atoms with Gasteiger partial charge in [0, 0.05) is 23.9 Å². The van der Waals surface area contributed by atoms with Crippen molar-refractivity contribution in [3.8, 4) is 17.2 Å². The van der Waals surface area contributed by atoms with Crippen LogP contribution in [0.3, 0.4) is 0 Å². The number of benzene rings is 3. The summed E-state index contributed by atoms with van der Waals surface area (Å²) in [6.07, 6.45) is 0.437. The maximum Gasteiger partial charge on any atom is 0.255 e. The molecule has 0 saturated carbocycles. The van der Waals surface area contributed by atoms with Gasteiger partial charge in [-0.2, -0.15) is 5.10 Å². The van der Waals surface area contributed by atoms with Gasteiger partial charge in [-0.25, -0.2) is 17.9 Å². The van der Waals surface area contributed by atoms with Crippen molar-refractivity contribution in [2.24, 2.45) is 0 Å². The van der Waals surface area contributed by atoms with Gasteiger partial charge in [-0.05, 0) is 47.8 Å². The lowest BCUT2D eigenvalue weighted by atomic mass is 10.1. The predicted octanol–water partition coefficient (Wildman–Crippen LogP) is 5.68. The van der Waals surface area contributed by atoms with E-state index in [-0.39, 0.29) is 12.3 Å². The first kappa shape index (κ1) is 28.8. The second kappa shape index (κ2) is 13.8. The third kappa shape index (κ3) is 7.70. The lowest BCUT2D eigenvalue weighted by molar-refractivity contribution is -0.115. The molecular weight excluding hydrogens is 543 g/mol. The average Bonchev–Trinajstić information content (AvgIpc) is 3.42. The molecule has 0 aliphatic heterocycles. The van der Waals surface area contributed by atoms with E-state index in [2.05, 4.69) is 20.5 Å². The Bertz CT molecular complexity index is 1450. The number of halogens is 3. The number of nitrogens with one attached hydrogen (secondary N) is 3. The van der Waals surface area contributed by atoms with Gasteiger partial charge in [-0.1, -0.05) is 24.3 Å². The molecular formula is C28H28F3N5O3S. The van der Waals surface area contributed by atoms with Crippen LogP contribution in [-0.2, 0) is 17.8 Å². The third-order valence-corrected chi connectivity index (χ3v) is 6.62. The summed E-state index contributed by atoms with van der Waals surface area (Å²) in [7, 11) is 3.16. The highest BCUT2D eigenvalue weighted by Crippen LogP contribution is 2.30. The largest absolute Gasteiger partial charge is 0.497 e. The molecule has 40 heavy (non-hydrogen) atoms. The van der Waals surface area contributed by atoms with Gasteiger partial charge in [0.05, 0.1) is 55.8 Å². The summed E-state index contributed by atoms with van der Waals surface area (Å²) in [6.45, 7) is -0.0625. The third-order valence-electron chi connectivity index (χ3n) is 5.78. The van der Waals surface area contributed by atoms with Crippen molar-refractivity contribution >= 4 is 29.2 Å². The zero-order chi connectivity index (χ0) is 28.5. The molecule has 0 bridgehead atoms. The lowest BCUT2D eigenvalue weighted by Crippen LogP contribution is -2.15. The van der Waals surface area contributed by atoms with E-state index in [1.54, 1.807) is 67.6 Å². The normalized spacial score (nSPS) is 10.9. The Kier molecular flexibility index (Phi) is 9.92. The topological polar surface area (TPSA) is 89.4 Å². The average molecular weight is 572 g/mol. The van der Waals surface area contributed by atoms with Crippen LogP contribution in [0.25, 0.3) is 5.69 Å². The number of rotatable bonds is 13. The van der Waals surface area contributed by atoms with Gasteiger partial charge >= 0.3 is 0 Å². The molecule has 210 valence electrons. The standard InChI is InChI=1S/C28H28F3N5O3S/c1-38-22-9-7-19(25(13-22)39-2)14-34-40-26-12-20(35-28(37)11-18-5-3-4-6-23(18)29)8-10-24(26)36-17-21(15-33-36)32-16-27(30)31/h3-10,12-13,15,17,27,32,34H,11,14,16H2,1-2H3,(H,35,37). The Hall–Kier alpha value is -4.16. The zero-order valence-electron chi connectivity index (χ0n) is 21.8. The van der Waals surface area contributed by atoms with E-state index >= 15 is 0 Å². The molecule has 3 aromatic carbocycles. The molecule has 4 aromatic rings. The summed E-state index contributed by atoms with van der Waals surface area (Å²) in [5.41, 5.74) is 2.77. The van der Waals surface area contributed by atoms with Crippen LogP contribution in [0.2, 0.25) is 0 Å². The highest BCUT2D eigenvalue weighted by atomic mass is 32.2. The fourth-order valence-corrected chi connectivity index (χ4v) is 4.65. The minimum atomic E-state index is -2.50. The molecule has 3 N–H and O–H groups in total. The van der Waals surface area contributed by atoms with Crippen LogP contribution < -0.4 is 24.8 Å². The minimum Gasteiger partial charge on any atom is -0.497 e. The highest BCUT2D eigenvalue weighted by molar-refractivity contribution is 7.97. The molecule has 4 rings (SSSR count). The van der Waals surface area contributed by atoms with Crippen molar-refractivity contribution in [2.75, 3.05) is 31.4 Å². The van der Waals surface area contributed by atoms with Gasteiger partial charge in [0.25, 0.3) is 6.43 Å². The SMILES string of the molecule is COc1ccc(CNSc2cc(NC(=O)Cc3ccccc3F)ccc2-n2cc(NCC(F)F)cn2)c(OC)c1.